The van der Waals surface area contributed by atoms with Crippen molar-refractivity contribution in [1.82, 2.24) is 0 Å². The fraction of sp³-hybridized carbons (Fsp3) is 0.533. The van der Waals surface area contributed by atoms with Crippen LogP contribution in [0.3, 0.4) is 0 Å². The van der Waals surface area contributed by atoms with Gasteiger partial charge in [-0.15, -0.1) is 0 Å². The van der Waals surface area contributed by atoms with Crippen molar-refractivity contribution in [2.45, 2.75) is 33.1 Å². The molecule has 0 amide bonds. The van der Waals surface area contributed by atoms with Crippen LogP contribution < -0.4 is 15.8 Å². The molecule has 19 heavy (non-hydrogen) atoms. The zero-order valence-corrected chi connectivity index (χ0v) is 12.1. The molecule has 1 aromatic carbocycles. The minimum absolute atomic E-state index is 0.456. The maximum absolute atomic E-state index is 5.84. The second-order valence-corrected chi connectivity index (χ2v) is 5.01. The molecule has 4 nitrogen and oxygen atoms in total. The van der Waals surface area contributed by atoms with E-state index in [1.165, 1.54) is 12.8 Å². The van der Waals surface area contributed by atoms with E-state index in [9.17, 15) is 0 Å². The van der Waals surface area contributed by atoms with Gasteiger partial charge in [-0.2, -0.15) is 0 Å². The zero-order valence-electron chi connectivity index (χ0n) is 12.1. The minimum Gasteiger partial charge on any atom is -0.497 e. The third-order valence-corrected chi connectivity index (χ3v) is 2.81. The lowest BCUT2D eigenvalue weighted by atomic mass is 10.1. The summed E-state index contributed by atoms with van der Waals surface area (Å²) >= 11 is 0. The van der Waals surface area contributed by atoms with Crippen molar-refractivity contribution in [1.29, 1.82) is 0 Å². The molecule has 0 saturated carbocycles. The summed E-state index contributed by atoms with van der Waals surface area (Å²) in [6, 6.07) is 7.63. The van der Waals surface area contributed by atoms with E-state index in [-0.39, 0.29) is 0 Å². The van der Waals surface area contributed by atoms with Gasteiger partial charge in [-0.05, 0) is 24.5 Å². The van der Waals surface area contributed by atoms with Gasteiger partial charge in [-0.3, -0.25) is 4.99 Å². The summed E-state index contributed by atoms with van der Waals surface area (Å²) < 4.78 is 5.15. The summed E-state index contributed by atoms with van der Waals surface area (Å²) in [7, 11) is 1.64. The predicted octanol–water partition coefficient (Wildman–Crippen LogP) is 3.25. The Morgan fingerprint density at radius 2 is 2.16 bits per heavy atom. The Bertz CT molecular complexity index is 402. The summed E-state index contributed by atoms with van der Waals surface area (Å²) in [5.74, 6) is 2.02. The molecule has 4 heteroatoms. The number of hydrogen-bond acceptors (Lipinski definition) is 2. The standard InChI is InChI=1S/C15H25N3O/c1-12(2)7-4-5-10-17-15(16)18-13-8-6-9-14(11-13)19-3/h6,8-9,11-12H,4-5,7,10H2,1-3H3,(H3,16,17,18). The van der Waals surface area contributed by atoms with Crippen molar-refractivity contribution in [2.75, 3.05) is 19.0 Å². The zero-order chi connectivity index (χ0) is 14.1. The van der Waals surface area contributed by atoms with Gasteiger partial charge in [0, 0.05) is 18.3 Å². The molecule has 3 N–H and O–H groups in total. The molecule has 0 radical (unpaired) electrons. The molecule has 1 aromatic rings. The highest BCUT2D eigenvalue weighted by Crippen LogP contribution is 2.16. The number of nitrogens with zero attached hydrogens (tertiary/aromatic N) is 1. The lowest BCUT2D eigenvalue weighted by molar-refractivity contribution is 0.415. The number of anilines is 1. The topological polar surface area (TPSA) is 59.6 Å². The van der Waals surface area contributed by atoms with E-state index in [4.69, 9.17) is 10.5 Å². The normalized spacial score (nSPS) is 11.7. The summed E-state index contributed by atoms with van der Waals surface area (Å²) in [4.78, 5) is 4.31. The molecule has 0 fully saturated rings. The predicted molar refractivity (Wildman–Crippen MR) is 81.8 cm³/mol. The van der Waals surface area contributed by atoms with Crippen LogP contribution >= 0.6 is 0 Å². The third kappa shape index (κ3) is 6.70. The fourth-order valence-electron chi connectivity index (χ4n) is 1.75. The van der Waals surface area contributed by atoms with Crippen molar-refractivity contribution >= 4 is 11.6 Å². The number of aliphatic imine (C=N–C) groups is 1. The largest absolute Gasteiger partial charge is 0.497 e. The van der Waals surface area contributed by atoms with Crippen LogP contribution in [0.4, 0.5) is 5.69 Å². The van der Waals surface area contributed by atoms with Gasteiger partial charge in [0.25, 0.3) is 0 Å². The van der Waals surface area contributed by atoms with Crippen LogP contribution in [0.25, 0.3) is 0 Å². The quantitative estimate of drug-likeness (QED) is 0.451. The van der Waals surface area contributed by atoms with E-state index in [0.29, 0.717) is 5.96 Å². The monoisotopic (exact) mass is 263 g/mol. The minimum atomic E-state index is 0.456. The Morgan fingerprint density at radius 1 is 1.37 bits per heavy atom. The number of methoxy groups -OCH3 is 1. The molecule has 0 aliphatic carbocycles. The van der Waals surface area contributed by atoms with Crippen molar-refractivity contribution in [3.63, 3.8) is 0 Å². The molecule has 106 valence electrons. The molecule has 0 unspecified atom stereocenters. The second kappa shape index (κ2) is 8.40. The van der Waals surface area contributed by atoms with Gasteiger partial charge >= 0.3 is 0 Å². The van der Waals surface area contributed by atoms with Gasteiger partial charge in [0.1, 0.15) is 5.75 Å². The number of nitrogens with one attached hydrogen (secondary N) is 1. The summed E-state index contributed by atoms with van der Waals surface area (Å²) in [5.41, 5.74) is 6.73. The number of guanidine groups is 1. The number of unbranched alkanes of at least 4 members (excludes halogenated alkanes) is 1. The smallest absolute Gasteiger partial charge is 0.193 e. The Kier molecular flexibility index (Phi) is 6.79. The number of ether oxygens (including phenoxy) is 1. The van der Waals surface area contributed by atoms with Gasteiger partial charge in [0.05, 0.1) is 7.11 Å². The molecule has 0 atom stereocenters. The molecule has 0 heterocycles. The van der Waals surface area contributed by atoms with Crippen LogP contribution in [0.15, 0.2) is 29.3 Å². The van der Waals surface area contributed by atoms with Gasteiger partial charge in [-0.25, -0.2) is 0 Å². The molecule has 0 saturated heterocycles. The first kappa shape index (κ1) is 15.3. The number of hydrogen-bond donors (Lipinski definition) is 2. The molecule has 0 bridgehead atoms. The first-order chi connectivity index (χ1) is 9.11. The van der Waals surface area contributed by atoms with Crippen molar-refractivity contribution in [3.8, 4) is 5.75 Å². The summed E-state index contributed by atoms with van der Waals surface area (Å²) in [6.45, 7) is 5.25. The third-order valence-electron chi connectivity index (χ3n) is 2.81. The second-order valence-electron chi connectivity index (χ2n) is 5.01. The molecule has 0 aliphatic heterocycles. The SMILES string of the molecule is COc1cccc(NC(N)=NCCCCC(C)C)c1. The molecule has 0 aromatic heterocycles. The maximum Gasteiger partial charge on any atom is 0.193 e. The van der Waals surface area contributed by atoms with E-state index in [0.717, 1.165) is 30.3 Å². The number of rotatable bonds is 7. The van der Waals surface area contributed by atoms with E-state index >= 15 is 0 Å². The van der Waals surface area contributed by atoms with Crippen molar-refractivity contribution in [3.05, 3.63) is 24.3 Å². The van der Waals surface area contributed by atoms with Crippen molar-refractivity contribution in [2.24, 2.45) is 16.6 Å². The lowest BCUT2D eigenvalue weighted by Crippen LogP contribution is -2.22. The van der Waals surface area contributed by atoms with Gasteiger partial charge in [0.2, 0.25) is 0 Å². The maximum atomic E-state index is 5.84. The van der Waals surface area contributed by atoms with Crippen molar-refractivity contribution < 1.29 is 4.74 Å². The van der Waals surface area contributed by atoms with Crippen LogP contribution in [0, 0.1) is 5.92 Å². The molecule has 0 aliphatic rings. The molecule has 0 spiro atoms. The van der Waals surface area contributed by atoms with Crippen LogP contribution in [0.1, 0.15) is 33.1 Å². The van der Waals surface area contributed by atoms with E-state index in [1.54, 1.807) is 7.11 Å². The highest BCUT2D eigenvalue weighted by molar-refractivity contribution is 5.92. The molecular weight excluding hydrogens is 238 g/mol. The lowest BCUT2D eigenvalue weighted by Gasteiger charge is -2.07. The number of benzene rings is 1. The summed E-state index contributed by atoms with van der Waals surface area (Å²) in [5, 5.41) is 3.06. The van der Waals surface area contributed by atoms with Crippen LogP contribution in [0.2, 0.25) is 0 Å². The van der Waals surface area contributed by atoms with Gasteiger partial charge in [0.15, 0.2) is 5.96 Å². The van der Waals surface area contributed by atoms with Crippen LogP contribution in [-0.4, -0.2) is 19.6 Å². The summed E-state index contributed by atoms with van der Waals surface area (Å²) in [6.07, 6.45) is 3.53. The van der Waals surface area contributed by atoms with E-state index < -0.39 is 0 Å². The molecule has 1 rings (SSSR count). The average molecular weight is 263 g/mol. The first-order valence-electron chi connectivity index (χ1n) is 6.83. The van der Waals surface area contributed by atoms with Crippen LogP contribution in [-0.2, 0) is 0 Å². The Hall–Kier alpha value is -1.71. The highest BCUT2D eigenvalue weighted by atomic mass is 16.5. The Balaban J connectivity index is 2.34. The number of nitrogens with two attached hydrogens (primary N) is 1. The van der Waals surface area contributed by atoms with Gasteiger partial charge in [-0.1, -0.05) is 32.8 Å². The fourth-order valence-corrected chi connectivity index (χ4v) is 1.75. The van der Waals surface area contributed by atoms with E-state index in [1.807, 2.05) is 24.3 Å². The Labute approximate surface area is 116 Å². The van der Waals surface area contributed by atoms with Crippen LogP contribution in [0.5, 0.6) is 5.75 Å². The highest BCUT2D eigenvalue weighted by Gasteiger charge is 1.97. The molecular formula is C15H25N3O. The average Bonchev–Trinajstić information content (AvgIpc) is 2.38. The van der Waals surface area contributed by atoms with Gasteiger partial charge < -0.3 is 15.8 Å². The van der Waals surface area contributed by atoms with E-state index in [2.05, 4.69) is 24.2 Å². The Morgan fingerprint density at radius 3 is 2.84 bits per heavy atom. The first-order valence-corrected chi connectivity index (χ1v) is 6.83.